The Bertz CT molecular complexity index is 988. The van der Waals surface area contributed by atoms with E-state index in [9.17, 15) is 14.9 Å². The van der Waals surface area contributed by atoms with Gasteiger partial charge in [-0.3, -0.25) is 14.9 Å². The lowest BCUT2D eigenvalue weighted by atomic mass is 10.1. The van der Waals surface area contributed by atoms with Crippen molar-refractivity contribution in [2.75, 3.05) is 0 Å². The van der Waals surface area contributed by atoms with Crippen LogP contribution in [-0.4, -0.2) is 26.3 Å². The summed E-state index contributed by atoms with van der Waals surface area (Å²) in [5.74, 6) is 0.0131. The van der Waals surface area contributed by atoms with E-state index in [0.29, 0.717) is 12.1 Å². The van der Waals surface area contributed by atoms with Crippen molar-refractivity contribution in [3.8, 4) is 11.5 Å². The van der Waals surface area contributed by atoms with E-state index in [2.05, 4.69) is 15.5 Å². The second-order valence-electron chi connectivity index (χ2n) is 6.14. The van der Waals surface area contributed by atoms with Crippen LogP contribution in [0.5, 0.6) is 0 Å². The molecule has 0 fully saturated rings. The molecule has 9 heteroatoms. The Morgan fingerprint density at radius 1 is 1.25 bits per heavy atom. The third kappa shape index (κ3) is 4.95. The highest BCUT2D eigenvalue weighted by molar-refractivity contribution is 8.00. The summed E-state index contributed by atoms with van der Waals surface area (Å²) in [5, 5.41) is 21.4. The van der Waals surface area contributed by atoms with E-state index in [-0.39, 0.29) is 22.7 Å². The Labute approximate surface area is 165 Å². The summed E-state index contributed by atoms with van der Waals surface area (Å²) in [5.41, 5.74) is 2.57. The zero-order valence-electron chi connectivity index (χ0n) is 15.3. The fourth-order valence-corrected chi connectivity index (χ4v) is 3.08. The number of nitro groups is 1. The highest BCUT2D eigenvalue weighted by atomic mass is 32.2. The number of carbonyl (C=O) groups is 1. The Kier molecular flexibility index (Phi) is 6.05. The summed E-state index contributed by atoms with van der Waals surface area (Å²) < 4.78 is 5.54. The molecular formula is C19H18N4O4S. The molecular weight excluding hydrogens is 380 g/mol. The van der Waals surface area contributed by atoms with Crippen LogP contribution in [0.1, 0.15) is 18.1 Å². The predicted molar refractivity (Wildman–Crippen MR) is 105 cm³/mol. The number of nitro benzene ring substituents is 1. The number of hydrogen-bond donors (Lipinski definition) is 1. The van der Waals surface area contributed by atoms with Crippen LogP contribution in [0, 0.1) is 17.0 Å². The van der Waals surface area contributed by atoms with E-state index in [4.69, 9.17) is 4.42 Å². The summed E-state index contributed by atoms with van der Waals surface area (Å²) >= 11 is 1.13. The van der Waals surface area contributed by atoms with Gasteiger partial charge in [0.2, 0.25) is 11.8 Å². The summed E-state index contributed by atoms with van der Waals surface area (Å²) in [4.78, 5) is 22.7. The second-order valence-corrected chi connectivity index (χ2v) is 7.44. The normalized spacial score (nSPS) is 11.8. The Morgan fingerprint density at radius 2 is 2.00 bits per heavy atom. The molecule has 0 aliphatic carbocycles. The van der Waals surface area contributed by atoms with Crippen LogP contribution in [0.25, 0.3) is 11.5 Å². The zero-order chi connectivity index (χ0) is 20.1. The Morgan fingerprint density at radius 3 is 2.71 bits per heavy atom. The molecule has 0 aliphatic heterocycles. The first kappa shape index (κ1) is 19.6. The number of hydrogen-bond acceptors (Lipinski definition) is 7. The number of nitrogens with one attached hydrogen (secondary N) is 1. The first-order valence-electron chi connectivity index (χ1n) is 8.50. The average molecular weight is 398 g/mol. The predicted octanol–water partition coefficient (Wildman–Crippen LogP) is 3.75. The van der Waals surface area contributed by atoms with Gasteiger partial charge in [0.15, 0.2) is 0 Å². The van der Waals surface area contributed by atoms with Gasteiger partial charge in [-0.25, -0.2) is 0 Å². The summed E-state index contributed by atoms with van der Waals surface area (Å²) in [6.45, 7) is 4.19. The van der Waals surface area contributed by atoms with Gasteiger partial charge < -0.3 is 9.73 Å². The zero-order valence-corrected chi connectivity index (χ0v) is 16.1. The highest BCUT2D eigenvalue weighted by Gasteiger charge is 2.19. The van der Waals surface area contributed by atoms with Gasteiger partial charge >= 0.3 is 0 Å². The van der Waals surface area contributed by atoms with E-state index in [1.165, 1.54) is 12.1 Å². The molecule has 1 atom stereocenters. The van der Waals surface area contributed by atoms with Gasteiger partial charge in [-0.1, -0.05) is 47.7 Å². The van der Waals surface area contributed by atoms with E-state index < -0.39 is 10.2 Å². The van der Waals surface area contributed by atoms with Crippen LogP contribution in [0.4, 0.5) is 5.69 Å². The molecule has 1 amide bonds. The molecule has 0 bridgehead atoms. The van der Waals surface area contributed by atoms with Gasteiger partial charge in [0, 0.05) is 24.2 Å². The molecule has 1 N–H and O–H groups in total. The summed E-state index contributed by atoms with van der Waals surface area (Å²) in [6, 6.07) is 13.9. The molecule has 0 saturated carbocycles. The number of nitrogens with zero attached hydrogens (tertiary/aromatic N) is 3. The first-order valence-corrected chi connectivity index (χ1v) is 9.38. The molecule has 0 saturated heterocycles. The number of aryl methyl sites for hydroxylation is 1. The summed E-state index contributed by atoms with van der Waals surface area (Å²) in [7, 11) is 0. The van der Waals surface area contributed by atoms with E-state index in [1.807, 2.05) is 31.2 Å². The van der Waals surface area contributed by atoms with Crippen LogP contribution < -0.4 is 5.32 Å². The number of rotatable bonds is 7. The maximum absolute atomic E-state index is 12.3. The van der Waals surface area contributed by atoms with Crippen molar-refractivity contribution in [2.45, 2.75) is 30.9 Å². The standard InChI is InChI=1S/C19H18N4O4S/c1-12-6-8-14(9-7-12)11-20-17(24)13(2)28-19-22-21-18(27-19)15-4-3-5-16(10-15)23(25)26/h3-10,13H,11H2,1-2H3,(H,20,24)/t13-/m0/s1. The molecule has 0 aliphatic rings. The molecule has 3 rings (SSSR count). The lowest BCUT2D eigenvalue weighted by molar-refractivity contribution is -0.384. The molecule has 8 nitrogen and oxygen atoms in total. The molecule has 28 heavy (non-hydrogen) atoms. The minimum Gasteiger partial charge on any atom is -0.411 e. The molecule has 0 radical (unpaired) electrons. The van der Waals surface area contributed by atoms with Crippen LogP contribution in [0.15, 0.2) is 58.2 Å². The van der Waals surface area contributed by atoms with Gasteiger partial charge in [0.25, 0.3) is 10.9 Å². The molecule has 0 spiro atoms. The number of aromatic nitrogens is 2. The van der Waals surface area contributed by atoms with Gasteiger partial charge in [0.05, 0.1) is 10.2 Å². The maximum Gasteiger partial charge on any atom is 0.277 e. The fraction of sp³-hybridized carbons (Fsp3) is 0.211. The van der Waals surface area contributed by atoms with Gasteiger partial charge in [-0.05, 0) is 25.5 Å². The number of benzene rings is 2. The van der Waals surface area contributed by atoms with Crippen molar-refractivity contribution in [2.24, 2.45) is 0 Å². The largest absolute Gasteiger partial charge is 0.411 e. The van der Waals surface area contributed by atoms with Crippen molar-refractivity contribution >= 4 is 23.4 Å². The smallest absolute Gasteiger partial charge is 0.277 e. The SMILES string of the molecule is Cc1ccc(CNC(=O)[C@H](C)Sc2nnc(-c3cccc([N+](=O)[O-])c3)o2)cc1. The van der Waals surface area contributed by atoms with E-state index >= 15 is 0 Å². The monoisotopic (exact) mass is 398 g/mol. The first-order chi connectivity index (χ1) is 13.4. The van der Waals surface area contributed by atoms with Crippen molar-refractivity contribution in [1.29, 1.82) is 0 Å². The second kappa shape index (κ2) is 8.66. The lowest BCUT2D eigenvalue weighted by Crippen LogP contribution is -2.30. The minimum absolute atomic E-state index is 0.0613. The highest BCUT2D eigenvalue weighted by Crippen LogP contribution is 2.27. The topological polar surface area (TPSA) is 111 Å². The molecule has 3 aromatic rings. The van der Waals surface area contributed by atoms with E-state index in [0.717, 1.165) is 22.9 Å². The number of amides is 1. The van der Waals surface area contributed by atoms with Crippen LogP contribution in [-0.2, 0) is 11.3 Å². The molecule has 144 valence electrons. The number of thioether (sulfide) groups is 1. The summed E-state index contributed by atoms with van der Waals surface area (Å²) in [6.07, 6.45) is 0. The third-order valence-electron chi connectivity index (χ3n) is 3.94. The van der Waals surface area contributed by atoms with E-state index in [1.54, 1.807) is 19.1 Å². The molecule has 1 aromatic heterocycles. The van der Waals surface area contributed by atoms with Crippen LogP contribution >= 0.6 is 11.8 Å². The van der Waals surface area contributed by atoms with Gasteiger partial charge in [-0.2, -0.15) is 0 Å². The van der Waals surface area contributed by atoms with Crippen LogP contribution in [0.3, 0.4) is 0 Å². The van der Waals surface area contributed by atoms with Crippen molar-refractivity contribution < 1.29 is 14.1 Å². The Balaban J connectivity index is 1.59. The number of carbonyl (C=O) groups excluding carboxylic acids is 1. The van der Waals surface area contributed by atoms with Gasteiger partial charge in [0.1, 0.15) is 0 Å². The fourth-order valence-electron chi connectivity index (χ4n) is 2.37. The molecule has 2 aromatic carbocycles. The third-order valence-corrected chi connectivity index (χ3v) is 4.88. The molecule has 0 unspecified atom stereocenters. The van der Waals surface area contributed by atoms with Crippen LogP contribution in [0.2, 0.25) is 0 Å². The average Bonchev–Trinajstić information content (AvgIpc) is 3.16. The maximum atomic E-state index is 12.3. The Hall–Kier alpha value is -3.20. The molecule has 1 heterocycles. The van der Waals surface area contributed by atoms with Gasteiger partial charge in [-0.15, -0.1) is 10.2 Å². The van der Waals surface area contributed by atoms with Crippen molar-refractivity contribution in [1.82, 2.24) is 15.5 Å². The minimum atomic E-state index is -0.490. The number of non-ortho nitro benzene ring substituents is 1. The van der Waals surface area contributed by atoms with Crippen molar-refractivity contribution in [3.63, 3.8) is 0 Å². The lowest BCUT2D eigenvalue weighted by Gasteiger charge is -2.10. The van der Waals surface area contributed by atoms with Crippen molar-refractivity contribution in [3.05, 3.63) is 69.8 Å². The quantitative estimate of drug-likeness (QED) is 0.366.